The molecule has 0 saturated heterocycles. The highest BCUT2D eigenvalue weighted by atomic mass is 19.1. The standard InChI is InChI=1S/C17H13FN2O/c1-11-6-15(18)7-14-10-20(17(21)16(11)14)9-13-4-2-12(8-19)3-5-13/h2-7,10,21H,9H2,1H3. The van der Waals surface area contributed by atoms with E-state index in [0.29, 0.717) is 28.4 Å². The number of aromatic nitrogens is 1. The normalized spacial score (nSPS) is 10.7. The molecule has 0 amide bonds. The molecule has 0 unspecified atom stereocenters. The van der Waals surface area contributed by atoms with Crippen LogP contribution < -0.4 is 0 Å². The van der Waals surface area contributed by atoms with E-state index >= 15 is 0 Å². The summed E-state index contributed by atoms with van der Waals surface area (Å²) in [7, 11) is 0. The van der Waals surface area contributed by atoms with E-state index in [-0.39, 0.29) is 11.7 Å². The number of nitriles is 1. The summed E-state index contributed by atoms with van der Waals surface area (Å²) in [6.07, 6.45) is 1.74. The maximum Gasteiger partial charge on any atom is 0.199 e. The summed E-state index contributed by atoms with van der Waals surface area (Å²) in [6, 6.07) is 12.1. The van der Waals surface area contributed by atoms with Crippen molar-refractivity contribution in [2.75, 3.05) is 0 Å². The van der Waals surface area contributed by atoms with E-state index in [2.05, 4.69) is 6.07 Å². The summed E-state index contributed by atoms with van der Waals surface area (Å²) in [5.74, 6) is -0.178. The van der Waals surface area contributed by atoms with Crippen LogP contribution >= 0.6 is 0 Å². The molecule has 0 fully saturated rings. The predicted molar refractivity (Wildman–Crippen MR) is 78.6 cm³/mol. The highest BCUT2D eigenvalue weighted by Crippen LogP contribution is 2.31. The Labute approximate surface area is 121 Å². The fourth-order valence-corrected chi connectivity index (χ4v) is 2.55. The van der Waals surface area contributed by atoms with E-state index in [1.807, 2.05) is 12.1 Å². The van der Waals surface area contributed by atoms with Crippen LogP contribution in [0.4, 0.5) is 4.39 Å². The number of fused-ring (bicyclic) bond motifs is 1. The highest BCUT2D eigenvalue weighted by Gasteiger charge is 2.12. The molecule has 21 heavy (non-hydrogen) atoms. The molecule has 0 aliphatic carbocycles. The molecule has 0 bridgehead atoms. The van der Waals surface area contributed by atoms with Crippen LogP contribution in [-0.2, 0) is 6.54 Å². The molecule has 104 valence electrons. The lowest BCUT2D eigenvalue weighted by molar-refractivity contribution is 0.430. The lowest BCUT2D eigenvalue weighted by atomic mass is 10.1. The molecule has 2 aromatic carbocycles. The van der Waals surface area contributed by atoms with Crippen LogP contribution in [0.25, 0.3) is 10.8 Å². The van der Waals surface area contributed by atoms with Gasteiger partial charge in [0.1, 0.15) is 5.82 Å². The minimum Gasteiger partial charge on any atom is -0.494 e. The summed E-state index contributed by atoms with van der Waals surface area (Å²) in [4.78, 5) is 0. The zero-order valence-corrected chi connectivity index (χ0v) is 11.5. The Hall–Kier alpha value is -2.80. The van der Waals surface area contributed by atoms with Gasteiger partial charge < -0.3 is 9.67 Å². The van der Waals surface area contributed by atoms with Gasteiger partial charge in [0, 0.05) is 17.0 Å². The smallest absolute Gasteiger partial charge is 0.199 e. The van der Waals surface area contributed by atoms with E-state index in [1.54, 1.807) is 29.8 Å². The number of halogens is 1. The summed E-state index contributed by atoms with van der Waals surface area (Å²) in [5, 5.41) is 20.4. The van der Waals surface area contributed by atoms with Crippen LogP contribution in [0.5, 0.6) is 5.88 Å². The van der Waals surface area contributed by atoms with Gasteiger partial charge in [0.05, 0.1) is 18.2 Å². The maximum absolute atomic E-state index is 13.4. The number of aryl methyl sites for hydroxylation is 1. The Bertz CT molecular complexity index is 857. The molecule has 1 heterocycles. The van der Waals surface area contributed by atoms with Crippen molar-refractivity contribution in [1.29, 1.82) is 5.26 Å². The van der Waals surface area contributed by atoms with Crippen molar-refractivity contribution in [3.8, 4) is 11.9 Å². The molecule has 3 rings (SSSR count). The van der Waals surface area contributed by atoms with Crippen molar-refractivity contribution in [2.24, 2.45) is 0 Å². The van der Waals surface area contributed by atoms with Gasteiger partial charge >= 0.3 is 0 Å². The van der Waals surface area contributed by atoms with Crippen LogP contribution in [0.3, 0.4) is 0 Å². The number of aromatic hydroxyl groups is 1. The zero-order chi connectivity index (χ0) is 15.0. The van der Waals surface area contributed by atoms with Crippen LogP contribution in [0, 0.1) is 24.1 Å². The molecular formula is C17H13FN2O. The Morgan fingerprint density at radius 1 is 1.24 bits per heavy atom. The van der Waals surface area contributed by atoms with Gasteiger partial charge in [-0.05, 0) is 42.3 Å². The number of nitrogens with zero attached hydrogens (tertiary/aromatic N) is 2. The van der Waals surface area contributed by atoms with Crippen LogP contribution in [0.2, 0.25) is 0 Å². The number of hydrogen-bond donors (Lipinski definition) is 1. The minimum atomic E-state index is -0.310. The lowest BCUT2D eigenvalue weighted by Gasteiger charge is -2.05. The monoisotopic (exact) mass is 280 g/mol. The zero-order valence-electron chi connectivity index (χ0n) is 11.5. The van der Waals surface area contributed by atoms with E-state index in [9.17, 15) is 9.50 Å². The van der Waals surface area contributed by atoms with E-state index < -0.39 is 0 Å². The molecule has 4 heteroatoms. The molecule has 0 radical (unpaired) electrons. The third-order valence-electron chi connectivity index (χ3n) is 3.56. The first-order valence-electron chi connectivity index (χ1n) is 6.55. The summed E-state index contributed by atoms with van der Waals surface area (Å²) in [6.45, 7) is 2.24. The highest BCUT2D eigenvalue weighted by molar-refractivity contribution is 5.90. The quantitative estimate of drug-likeness (QED) is 0.777. The SMILES string of the molecule is Cc1cc(F)cc2cn(Cc3ccc(C#N)cc3)c(O)c12. The van der Waals surface area contributed by atoms with Gasteiger partial charge in [-0.1, -0.05) is 12.1 Å². The molecule has 0 aliphatic rings. The summed E-state index contributed by atoms with van der Waals surface area (Å²) >= 11 is 0. The predicted octanol–water partition coefficient (Wildman–Crippen LogP) is 3.71. The topological polar surface area (TPSA) is 49.0 Å². The average molecular weight is 280 g/mol. The second-order valence-corrected chi connectivity index (χ2v) is 5.08. The molecule has 0 atom stereocenters. The fraction of sp³-hybridized carbons (Fsp3) is 0.118. The minimum absolute atomic E-state index is 0.131. The number of benzene rings is 2. The molecule has 0 aliphatic heterocycles. The van der Waals surface area contributed by atoms with Gasteiger partial charge in [0.25, 0.3) is 0 Å². The van der Waals surface area contributed by atoms with E-state index in [4.69, 9.17) is 5.26 Å². The third-order valence-corrected chi connectivity index (χ3v) is 3.56. The van der Waals surface area contributed by atoms with Crippen molar-refractivity contribution in [1.82, 2.24) is 4.57 Å². The first-order valence-corrected chi connectivity index (χ1v) is 6.55. The molecular weight excluding hydrogens is 267 g/mol. The van der Waals surface area contributed by atoms with Crippen molar-refractivity contribution < 1.29 is 9.50 Å². The van der Waals surface area contributed by atoms with Gasteiger partial charge in [-0.15, -0.1) is 0 Å². The molecule has 1 N–H and O–H groups in total. The molecule has 3 aromatic rings. The van der Waals surface area contributed by atoms with Crippen molar-refractivity contribution in [3.63, 3.8) is 0 Å². The lowest BCUT2D eigenvalue weighted by Crippen LogP contribution is -1.97. The Balaban J connectivity index is 2.02. The summed E-state index contributed by atoms with van der Waals surface area (Å²) in [5.41, 5.74) is 2.27. The van der Waals surface area contributed by atoms with Crippen LogP contribution in [0.1, 0.15) is 16.7 Å². The van der Waals surface area contributed by atoms with E-state index in [0.717, 1.165) is 5.56 Å². The third kappa shape index (κ3) is 2.34. The molecule has 3 nitrogen and oxygen atoms in total. The van der Waals surface area contributed by atoms with Gasteiger partial charge in [-0.3, -0.25) is 0 Å². The Morgan fingerprint density at radius 3 is 2.62 bits per heavy atom. The van der Waals surface area contributed by atoms with Gasteiger partial charge in [-0.2, -0.15) is 5.26 Å². The molecule has 0 spiro atoms. The van der Waals surface area contributed by atoms with Crippen LogP contribution in [-0.4, -0.2) is 9.67 Å². The number of rotatable bonds is 2. The van der Waals surface area contributed by atoms with Crippen molar-refractivity contribution in [2.45, 2.75) is 13.5 Å². The second-order valence-electron chi connectivity index (χ2n) is 5.08. The average Bonchev–Trinajstić information content (AvgIpc) is 2.76. The Morgan fingerprint density at radius 2 is 1.95 bits per heavy atom. The largest absolute Gasteiger partial charge is 0.494 e. The van der Waals surface area contributed by atoms with Crippen molar-refractivity contribution >= 4 is 10.8 Å². The van der Waals surface area contributed by atoms with Gasteiger partial charge in [0.2, 0.25) is 0 Å². The summed E-state index contributed by atoms with van der Waals surface area (Å²) < 4.78 is 15.1. The van der Waals surface area contributed by atoms with E-state index in [1.165, 1.54) is 12.1 Å². The van der Waals surface area contributed by atoms with Gasteiger partial charge in [-0.25, -0.2) is 4.39 Å². The maximum atomic E-state index is 13.4. The number of hydrogen-bond acceptors (Lipinski definition) is 2. The molecule has 1 aromatic heterocycles. The first-order chi connectivity index (χ1) is 10.1. The Kier molecular flexibility index (Phi) is 3.11. The second kappa shape index (κ2) is 4.95. The fourth-order valence-electron chi connectivity index (χ4n) is 2.55. The van der Waals surface area contributed by atoms with Crippen LogP contribution in [0.15, 0.2) is 42.6 Å². The van der Waals surface area contributed by atoms with Crippen molar-refractivity contribution in [3.05, 3.63) is 65.1 Å². The first kappa shape index (κ1) is 13.2. The van der Waals surface area contributed by atoms with Gasteiger partial charge in [0.15, 0.2) is 5.88 Å². The molecule has 0 saturated carbocycles.